The molecule has 25 heavy (non-hydrogen) atoms. The number of aromatic amines is 1. The lowest BCUT2D eigenvalue weighted by atomic mass is 9.97. The SMILES string of the molecule is C1=NCc2ccc(Nc3ncnc4[nH]c(C5CCOCC5)cc34)cc21. The van der Waals surface area contributed by atoms with Crippen LogP contribution in [0.5, 0.6) is 0 Å². The van der Waals surface area contributed by atoms with Crippen LogP contribution in [0, 0.1) is 0 Å². The van der Waals surface area contributed by atoms with Gasteiger partial charge in [-0.2, -0.15) is 0 Å². The summed E-state index contributed by atoms with van der Waals surface area (Å²) in [5, 5.41) is 4.46. The summed E-state index contributed by atoms with van der Waals surface area (Å²) in [5.41, 5.74) is 5.56. The zero-order valence-corrected chi connectivity index (χ0v) is 13.8. The van der Waals surface area contributed by atoms with Crippen LogP contribution in [0.2, 0.25) is 0 Å². The van der Waals surface area contributed by atoms with Gasteiger partial charge in [-0.1, -0.05) is 6.07 Å². The number of H-pyrrole nitrogens is 1. The van der Waals surface area contributed by atoms with E-state index in [1.165, 1.54) is 16.8 Å². The first-order valence-electron chi connectivity index (χ1n) is 8.68. The lowest BCUT2D eigenvalue weighted by molar-refractivity contribution is 0.0846. The zero-order chi connectivity index (χ0) is 16.6. The van der Waals surface area contributed by atoms with E-state index in [1.54, 1.807) is 6.33 Å². The monoisotopic (exact) mass is 333 g/mol. The molecule has 2 N–H and O–H groups in total. The first-order valence-corrected chi connectivity index (χ1v) is 8.68. The molecule has 0 aliphatic carbocycles. The van der Waals surface area contributed by atoms with Gasteiger partial charge >= 0.3 is 0 Å². The minimum Gasteiger partial charge on any atom is -0.381 e. The molecule has 5 rings (SSSR count). The van der Waals surface area contributed by atoms with Crippen LogP contribution < -0.4 is 5.32 Å². The highest BCUT2D eigenvalue weighted by molar-refractivity contribution is 5.91. The molecule has 0 amide bonds. The molecule has 2 aliphatic rings. The second-order valence-corrected chi connectivity index (χ2v) is 6.60. The van der Waals surface area contributed by atoms with Crippen molar-refractivity contribution in [3.63, 3.8) is 0 Å². The number of benzene rings is 1. The standard InChI is InChI=1S/C19H19N5O/c1-2-15(7-14-10-20-9-13(1)14)23-18-16-8-17(12-3-5-25-6-4-12)24-19(16)22-11-21-18/h1-2,7-8,10-12H,3-6,9H2,(H2,21,22,23,24). The third-order valence-electron chi connectivity index (χ3n) is 5.01. The minimum atomic E-state index is 0.506. The van der Waals surface area contributed by atoms with E-state index in [1.807, 2.05) is 6.21 Å². The average molecular weight is 333 g/mol. The van der Waals surface area contributed by atoms with Gasteiger partial charge in [0.05, 0.1) is 11.9 Å². The van der Waals surface area contributed by atoms with E-state index in [0.29, 0.717) is 5.92 Å². The van der Waals surface area contributed by atoms with Crippen LogP contribution in [-0.4, -0.2) is 34.4 Å². The Morgan fingerprint density at radius 1 is 1.12 bits per heavy atom. The molecule has 1 saturated heterocycles. The van der Waals surface area contributed by atoms with Crippen molar-refractivity contribution >= 4 is 28.8 Å². The van der Waals surface area contributed by atoms with Gasteiger partial charge in [0.25, 0.3) is 0 Å². The molecule has 126 valence electrons. The van der Waals surface area contributed by atoms with Crippen molar-refractivity contribution in [2.24, 2.45) is 4.99 Å². The molecule has 0 unspecified atom stereocenters. The van der Waals surface area contributed by atoms with Gasteiger partial charge in [0.1, 0.15) is 17.8 Å². The second kappa shape index (κ2) is 5.97. The van der Waals surface area contributed by atoms with Gasteiger partial charge < -0.3 is 15.0 Å². The van der Waals surface area contributed by atoms with Gasteiger partial charge in [-0.05, 0) is 42.2 Å². The Morgan fingerprint density at radius 3 is 2.96 bits per heavy atom. The largest absolute Gasteiger partial charge is 0.381 e. The molecule has 6 heteroatoms. The minimum absolute atomic E-state index is 0.506. The Balaban J connectivity index is 1.48. The molecule has 2 aliphatic heterocycles. The fourth-order valence-corrected chi connectivity index (χ4v) is 3.60. The number of aliphatic imine (C=N–C) groups is 1. The topological polar surface area (TPSA) is 75.2 Å². The zero-order valence-electron chi connectivity index (χ0n) is 13.8. The fraction of sp³-hybridized carbons (Fsp3) is 0.316. The highest BCUT2D eigenvalue weighted by Gasteiger charge is 2.19. The molecule has 4 heterocycles. The van der Waals surface area contributed by atoms with Gasteiger partial charge in [0.15, 0.2) is 0 Å². The molecule has 0 radical (unpaired) electrons. The summed E-state index contributed by atoms with van der Waals surface area (Å²) < 4.78 is 5.47. The van der Waals surface area contributed by atoms with E-state index in [4.69, 9.17) is 4.74 Å². The molecule has 2 aromatic heterocycles. The Kier molecular flexibility index (Phi) is 3.48. The number of ether oxygens (including phenoxy) is 1. The van der Waals surface area contributed by atoms with E-state index < -0.39 is 0 Å². The third-order valence-corrected chi connectivity index (χ3v) is 5.01. The lowest BCUT2D eigenvalue weighted by Crippen LogP contribution is -2.14. The predicted molar refractivity (Wildman–Crippen MR) is 97.7 cm³/mol. The number of nitrogens with one attached hydrogen (secondary N) is 2. The Hall–Kier alpha value is -2.73. The Labute approximate surface area is 145 Å². The molecule has 0 spiro atoms. The maximum absolute atomic E-state index is 5.47. The maximum atomic E-state index is 5.47. The van der Waals surface area contributed by atoms with Crippen LogP contribution in [0.3, 0.4) is 0 Å². The quantitative estimate of drug-likeness (QED) is 0.769. The van der Waals surface area contributed by atoms with Gasteiger partial charge in [-0.15, -0.1) is 0 Å². The highest BCUT2D eigenvalue weighted by atomic mass is 16.5. The second-order valence-electron chi connectivity index (χ2n) is 6.60. The van der Waals surface area contributed by atoms with Crippen molar-refractivity contribution in [3.8, 4) is 0 Å². The van der Waals surface area contributed by atoms with Gasteiger partial charge in [-0.3, -0.25) is 4.99 Å². The summed E-state index contributed by atoms with van der Waals surface area (Å²) in [6.45, 7) is 2.43. The molecular formula is C19H19N5O. The number of nitrogens with zero attached hydrogens (tertiary/aromatic N) is 3. The van der Waals surface area contributed by atoms with Crippen molar-refractivity contribution in [2.75, 3.05) is 18.5 Å². The smallest absolute Gasteiger partial charge is 0.143 e. The first-order chi connectivity index (χ1) is 12.4. The summed E-state index contributed by atoms with van der Waals surface area (Å²) in [4.78, 5) is 16.6. The van der Waals surface area contributed by atoms with E-state index >= 15 is 0 Å². The number of hydrogen-bond donors (Lipinski definition) is 2. The molecule has 0 atom stereocenters. The van der Waals surface area contributed by atoms with Crippen molar-refractivity contribution in [1.82, 2.24) is 15.0 Å². The number of hydrogen-bond acceptors (Lipinski definition) is 5. The Bertz CT molecular complexity index is 956. The van der Waals surface area contributed by atoms with E-state index in [-0.39, 0.29) is 0 Å². The number of fused-ring (bicyclic) bond motifs is 2. The van der Waals surface area contributed by atoms with Crippen LogP contribution in [0.4, 0.5) is 11.5 Å². The van der Waals surface area contributed by atoms with Crippen LogP contribution in [0.25, 0.3) is 11.0 Å². The number of rotatable bonds is 3. The summed E-state index contributed by atoms with van der Waals surface area (Å²) in [6.07, 6.45) is 5.62. The van der Waals surface area contributed by atoms with E-state index in [0.717, 1.165) is 55.1 Å². The van der Waals surface area contributed by atoms with E-state index in [9.17, 15) is 0 Å². The fourth-order valence-electron chi connectivity index (χ4n) is 3.60. The summed E-state index contributed by atoms with van der Waals surface area (Å²) in [7, 11) is 0. The van der Waals surface area contributed by atoms with Crippen LogP contribution in [0.1, 0.15) is 35.6 Å². The molecule has 1 aromatic carbocycles. The maximum Gasteiger partial charge on any atom is 0.143 e. The van der Waals surface area contributed by atoms with Crippen molar-refractivity contribution < 1.29 is 4.74 Å². The van der Waals surface area contributed by atoms with E-state index in [2.05, 4.69) is 49.5 Å². The van der Waals surface area contributed by atoms with Crippen LogP contribution in [0.15, 0.2) is 35.6 Å². The molecule has 0 saturated carbocycles. The Morgan fingerprint density at radius 2 is 2.04 bits per heavy atom. The van der Waals surface area contributed by atoms with Crippen LogP contribution in [-0.2, 0) is 11.3 Å². The van der Waals surface area contributed by atoms with Crippen molar-refractivity contribution in [3.05, 3.63) is 47.4 Å². The number of anilines is 2. The molecule has 6 nitrogen and oxygen atoms in total. The van der Waals surface area contributed by atoms with Crippen molar-refractivity contribution in [1.29, 1.82) is 0 Å². The molecular weight excluding hydrogens is 314 g/mol. The van der Waals surface area contributed by atoms with Crippen molar-refractivity contribution in [2.45, 2.75) is 25.3 Å². The molecule has 1 fully saturated rings. The normalized spacial score (nSPS) is 17.1. The summed E-state index contributed by atoms with van der Waals surface area (Å²) >= 11 is 0. The third kappa shape index (κ3) is 2.68. The average Bonchev–Trinajstić information content (AvgIpc) is 3.29. The summed E-state index contributed by atoms with van der Waals surface area (Å²) in [6, 6.07) is 8.50. The van der Waals surface area contributed by atoms with Gasteiger partial charge in [0, 0.05) is 36.7 Å². The lowest BCUT2D eigenvalue weighted by Gasteiger charge is -2.20. The molecule has 0 bridgehead atoms. The first kappa shape index (κ1) is 14.6. The van der Waals surface area contributed by atoms with Crippen LogP contribution >= 0.6 is 0 Å². The summed E-state index contributed by atoms with van der Waals surface area (Å²) in [5.74, 6) is 1.33. The predicted octanol–water partition coefficient (Wildman–Crippen LogP) is 3.53. The molecule has 3 aromatic rings. The number of aromatic nitrogens is 3. The van der Waals surface area contributed by atoms with Gasteiger partial charge in [-0.25, -0.2) is 9.97 Å². The highest BCUT2D eigenvalue weighted by Crippen LogP contribution is 2.31. The van der Waals surface area contributed by atoms with Gasteiger partial charge in [0.2, 0.25) is 0 Å².